The Morgan fingerprint density at radius 2 is 1.85 bits per heavy atom. The highest BCUT2D eigenvalue weighted by molar-refractivity contribution is 5.88. The van der Waals surface area contributed by atoms with Gasteiger partial charge in [0.2, 0.25) is 0 Å². The maximum Gasteiger partial charge on any atom is 0.415 e. The number of hydrogen-bond donors (Lipinski definition) is 0. The number of benzene rings is 1. The van der Waals surface area contributed by atoms with Crippen LogP contribution in [0.1, 0.15) is 20.8 Å². The van der Waals surface area contributed by atoms with Gasteiger partial charge in [-0.1, -0.05) is 30.4 Å². The van der Waals surface area contributed by atoms with Crippen molar-refractivity contribution in [2.24, 2.45) is 0 Å². The van der Waals surface area contributed by atoms with Crippen molar-refractivity contribution in [3.05, 3.63) is 42.5 Å². The van der Waals surface area contributed by atoms with Gasteiger partial charge in [-0.15, -0.1) is 0 Å². The molecule has 1 aromatic carbocycles. The average molecular weight is 277 g/mol. The Bertz CT molecular complexity index is 435. The predicted molar refractivity (Wildman–Crippen MR) is 81.0 cm³/mol. The van der Waals surface area contributed by atoms with Crippen molar-refractivity contribution in [2.75, 3.05) is 25.2 Å². The molecule has 4 nitrogen and oxygen atoms in total. The molecule has 0 radical (unpaired) electrons. The van der Waals surface area contributed by atoms with E-state index in [2.05, 4.69) is 0 Å². The van der Waals surface area contributed by atoms with Crippen molar-refractivity contribution >= 4 is 11.8 Å². The molecule has 0 saturated heterocycles. The zero-order valence-corrected chi connectivity index (χ0v) is 12.6. The topological polar surface area (TPSA) is 38.8 Å². The largest absolute Gasteiger partial charge is 0.443 e. The van der Waals surface area contributed by atoms with Crippen LogP contribution in [0.5, 0.6) is 0 Å². The molecule has 0 saturated carbocycles. The number of rotatable bonds is 5. The highest BCUT2D eigenvalue weighted by Gasteiger charge is 2.22. The number of methoxy groups -OCH3 is 1. The molecule has 0 atom stereocenters. The molecule has 0 unspecified atom stereocenters. The van der Waals surface area contributed by atoms with E-state index in [0.717, 1.165) is 5.69 Å². The number of nitrogens with zero attached hydrogens (tertiary/aromatic N) is 1. The first-order valence-corrected chi connectivity index (χ1v) is 6.63. The quantitative estimate of drug-likeness (QED) is 0.771. The van der Waals surface area contributed by atoms with Crippen LogP contribution >= 0.6 is 0 Å². The van der Waals surface area contributed by atoms with Gasteiger partial charge in [0.25, 0.3) is 0 Å². The first-order chi connectivity index (χ1) is 9.44. The van der Waals surface area contributed by atoms with E-state index < -0.39 is 5.60 Å². The van der Waals surface area contributed by atoms with Crippen LogP contribution in [0.15, 0.2) is 42.5 Å². The minimum atomic E-state index is -0.514. The lowest BCUT2D eigenvalue weighted by atomic mass is 10.2. The van der Waals surface area contributed by atoms with Crippen molar-refractivity contribution in [3.8, 4) is 0 Å². The maximum absolute atomic E-state index is 12.3. The Kier molecular flexibility index (Phi) is 6.25. The van der Waals surface area contributed by atoms with Crippen molar-refractivity contribution in [3.63, 3.8) is 0 Å². The normalized spacial score (nSPS) is 11.6. The van der Waals surface area contributed by atoms with E-state index in [9.17, 15) is 4.79 Å². The SMILES string of the molecule is COC/C=C/CN(C(=O)OC(C)(C)C)c1ccccc1. The Morgan fingerprint density at radius 3 is 2.40 bits per heavy atom. The standard InChI is InChI=1S/C16H23NO3/c1-16(2,3)20-15(18)17(12-8-9-13-19-4)14-10-6-5-7-11-14/h5-11H,12-13H2,1-4H3/b9-8+. The third-order valence-electron chi connectivity index (χ3n) is 2.40. The van der Waals surface area contributed by atoms with Crippen LogP contribution in [0, 0.1) is 0 Å². The van der Waals surface area contributed by atoms with E-state index in [0.29, 0.717) is 13.2 Å². The molecule has 0 spiro atoms. The fourth-order valence-electron chi connectivity index (χ4n) is 1.55. The molecule has 1 aromatic rings. The summed E-state index contributed by atoms with van der Waals surface area (Å²) in [5, 5.41) is 0. The third-order valence-corrected chi connectivity index (χ3v) is 2.40. The number of carbonyl (C=O) groups excluding carboxylic acids is 1. The zero-order valence-electron chi connectivity index (χ0n) is 12.6. The maximum atomic E-state index is 12.3. The van der Waals surface area contributed by atoms with E-state index >= 15 is 0 Å². The highest BCUT2D eigenvalue weighted by atomic mass is 16.6. The lowest BCUT2D eigenvalue weighted by molar-refractivity contribution is 0.0584. The first kappa shape index (κ1) is 16.2. The van der Waals surface area contributed by atoms with E-state index in [1.54, 1.807) is 12.0 Å². The predicted octanol–water partition coefficient (Wildman–Crippen LogP) is 3.63. The number of para-hydroxylation sites is 1. The molecule has 0 bridgehead atoms. The van der Waals surface area contributed by atoms with Crippen LogP contribution in [0.3, 0.4) is 0 Å². The van der Waals surface area contributed by atoms with Gasteiger partial charge in [-0.2, -0.15) is 0 Å². The Hall–Kier alpha value is -1.81. The molecular weight excluding hydrogens is 254 g/mol. The highest BCUT2D eigenvalue weighted by Crippen LogP contribution is 2.17. The summed E-state index contributed by atoms with van der Waals surface area (Å²) in [5.41, 5.74) is 0.296. The van der Waals surface area contributed by atoms with E-state index in [4.69, 9.17) is 9.47 Å². The summed E-state index contributed by atoms with van der Waals surface area (Å²) >= 11 is 0. The second kappa shape index (κ2) is 7.70. The van der Waals surface area contributed by atoms with Crippen LogP contribution in [-0.4, -0.2) is 32.0 Å². The molecular formula is C16H23NO3. The second-order valence-corrected chi connectivity index (χ2v) is 5.35. The van der Waals surface area contributed by atoms with Gasteiger partial charge in [-0.3, -0.25) is 4.90 Å². The number of anilines is 1. The summed E-state index contributed by atoms with van der Waals surface area (Å²) in [7, 11) is 1.63. The van der Waals surface area contributed by atoms with Crippen LogP contribution < -0.4 is 4.90 Å². The van der Waals surface area contributed by atoms with Crippen LogP contribution in [0.2, 0.25) is 0 Å². The van der Waals surface area contributed by atoms with Gasteiger partial charge < -0.3 is 9.47 Å². The summed E-state index contributed by atoms with van der Waals surface area (Å²) < 4.78 is 10.4. The third kappa shape index (κ3) is 5.89. The van der Waals surface area contributed by atoms with Gasteiger partial charge >= 0.3 is 6.09 Å². The number of hydrogen-bond acceptors (Lipinski definition) is 3. The monoisotopic (exact) mass is 277 g/mol. The number of ether oxygens (including phenoxy) is 2. The molecule has 20 heavy (non-hydrogen) atoms. The fraction of sp³-hybridized carbons (Fsp3) is 0.438. The van der Waals surface area contributed by atoms with Gasteiger partial charge in [0.15, 0.2) is 0 Å². The summed E-state index contributed by atoms with van der Waals surface area (Å²) in [6, 6.07) is 9.47. The van der Waals surface area contributed by atoms with Gasteiger partial charge in [0.05, 0.1) is 6.61 Å². The lowest BCUT2D eigenvalue weighted by Crippen LogP contribution is -2.37. The molecule has 4 heteroatoms. The number of amides is 1. The summed E-state index contributed by atoms with van der Waals surface area (Å²) in [4.78, 5) is 13.9. The van der Waals surface area contributed by atoms with Gasteiger partial charge in [-0.25, -0.2) is 4.79 Å². The Morgan fingerprint density at radius 1 is 1.20 bits per heavy atom. The fourth-order valence-corrected chi connectivity index (χ4v) is 1.55. The number of carbonyl (C=O) groups is 1. The average Bonchev–Trinajstić information content (AvgIpc) is 2.37. The molecule has 110 valence electrons. The minimum Gasteiger partial charge on any atom is -0.443 e. The summed E-state index contributed by atoms with van der Waals surface area (Å²) in [6.07, 6.45) is 3.41. The smallest absolute Gasteiger partial charge is 0.415 e. The zero-order chi connectivity index (χ0) is 15.0. The Labute approximate surface area is 121 Å². The van der Waals surface area contributed by atoms with Crippen molar-refractivity contribution in [1.29, 1.82) is 0 Å². The molecule has 0 fully saturated rings. The molecule has 0 aromatic heterocycles. The van der Waals surface area contributed by atoms with E-state index in [1.165, 1.54) is 0 Å². The van der Waals surface area contributed by atoms with Crippen LogP contribution in [-0.2, 0) is 9.47 Å². The Balaban J connectivity index is 2.82. The van der Waals surface area contributed by atoms with Crippen molar-refractivity contribution in [2.45, 2.75) is 26.4 Å². The molecule has 0 aliphatic rings. The molecule has 1 amide bonds. The van der Waals surface area contributed by atoms with E-state index in [1.807, 2.05) is 63.3 Å². The van der Waals surface area contributed by atoms with Crippen LogP contribution in [0.4, 0.5) is 10.5 Å². The van der Waals surface area contributed by atoms with Gasteiger partial charge in [0, 0.05) is 19.3 Å². The van der Waals surface area contributed by atoms with Gasteiger partial charge in [-0.05, 0) is 32.9 Å². The second-order valence-electron chi connectivity index (χ2n) is 5.35. The van der Waals surface area contributed by atoms with Crippen LogP contribution in [0.25, 0.3) is 0 Å². The summed E-state index contributed by atoms with van der Waals surface area (Å²) in [6.45, 7) is 6.54. The first-order valence-electron chi connectivity index (χ1n) is 6.63. The van der Waals surface area contributed by atoms with Gasteiger partial charge in [0.1, 0.15) is 5.60 Å². The molecule has 0 aliphatic heterocycles. The lowest BCUT2D eigenvalue weighted by Gasteiger charge is -2.26. The molecule has 0 aliphatic carbocycles. The molecule has 1 rings (SSSR count). The van der Waals surface area contributed by atoms with Crippen molar-refractivity contribution < 1.29 is 14.3 Å². The molecule has 0 heterocycles. The van der Waals surface area contributed by atoms with Crippen molar-refractivity contribution in [1.82, 2.24) is 0 Å². The van der Waals surface area contributed by atoms with E-state index in [-0.39, 0.29) is 6.09 Å². The summed E-state index contributed by atoms with van der Waals surface area (Å²) in [5.74, 6) is 0. The minimum absolute atomic E-state index is 0.356. The molecule has 0 N–H and O–H groups in total.